The Morgan fingerprint density at radius 2 is 1.88 bits per heavy atom. The molecule has 1 heterocycles. The molecule has 124 valence electrons. The lowest BCUT2D eigenvalue weighted by Gasteiger charge is -2.12. The average Bonchev–Trinajstić information content (AvgIpc) is 2.72. The van der Waals surface area contributed by atoms with Crippen LogP contribution in [0.15, 0.2) is 30.3 Å². The second-order valence-corrected chi connectivity index (χ2v) is 6.09. The maximum Gasteiger partial charge on any atom is 0.272 e. The number of hydrogen-bond donors (Lipinski definition) is 1. The minimum Gasteiger partial charge on any atom is -0.454 e. The third-order valence-corrected chi connectivity index (χ3v) is 4.21. The van der Waals surface area contributed by atoms with Crippen LogP contribution >= 0.6 is 23.2 Å². The molecule has 6 nitrogen and oxygen atoms in total. The summed E-state index contributed by atoms with van der Waals surface area (Å²) in [5, 5.41) is 13.7. The Labute approximate surface area is 147 Å². The number of amides is 1. The van der Waals surface area contributed by atoms with Gasteiger partial charge in [-0.05, 0) is 36.6 Å². The third-order valence-electron chi connectivity index (χ3n) is 3.64. The second kappa shape index (κ2) is 6.67. The van der Waals surface area contributed by atoms with Crippen molar-refractivity contribution >= 4 is 34.8 Å². The molecule has 0 fully saturated rings. The first kappa shape index (κ1) is 16.5. The molecule has 1 aliphatic heterocycles. The molecule has 0 aromatic heterocycles. The number of carbonyl (C=O) groups excluding carboxylic acids is 1. The summed E-state index contributed by atoms with van der Waals surface area (Å²) in [6, 6.07) is 7.43. The van der Waals surface area contributed by atoms with Gasteiger partial charge in [0.25, 0.3) is 11.6 Å². The Hall–Kier alpha value is -2.31. The van der Waals surface area contributed by atoms with E-state index in [1.54, 1.807) is 18.2 Å². The van der Waals surface area contributed by atoms with Crippen LogP contribution in [-0.4, -0.2) is 17.4 Å². The zero-order valence-electron chi connectivity index (χ0n) is 12.3. The molecule has 0 saturated heterocycles. The Bertz CT molecular complexity index is 816. The van der Waals surface area contributed by atoms with Gasteiger partial charge in [-0.3, -0.25) is 14.9 Å². The Balaban J connectivity index is 1.93. The zero-order chi connectivity index (χ0) is 17.3. The number of nitrogens with one attached hydrogen (secondary N) is 1. The molecular weight excluding hydrogens is 355 g/mol. The predicted octanol–water partition coefficient (Wildman–Crippen LogP) is 4.37. The molecule has 1 aliphatic rings. The van der Waals surface area contributed by atoms with Crippen LogP contribution in [0.1, 0.15) is 22.3 Å². The van der Waals surface area contributed by atoms with Crippen molar-refractivity contribution in [3.8, 4) is 11.5 Å². The summed E-state index contributed by atoms with van der Waals surface area (Å²) in [5.74, 6) is 0.489. The van der Waals surface area contributed by atoms with E-state index in [4.69, 9.17) is 27.9 Å². The van der Waals surface area contributed by atoms with Crippen molar-refractivity contribution in [2.45, 2.75) is 12.8 Å². The topological polar surface area (TPSA) is 81.5 Å². The van der Waals surface area contributed by atoms with E-state index in [1.807, 2.05) is 0 Å². The van der Waals surface area contributed by atoms with E-state index in [9.17, 15) is 14.9 Å². The minimum absolute atomic E-state index is 0.0434. The summed E-state index contributed by atoms with van der Waals surface area (Å²) in [7, 11) is 0. The third kappa shape index (κ3) is 3.29. The summed E-state index contributed by atoms with van der Waals surface area (Å²) >= 11 is 12.1. The highest BCUT2D eigenvalue weighted by atomic mass is 35.5. The van der Waals surface area contributed by atoms with Gasteiger partial charge in [0.05, 0.1) is 15.0 Å². The van der Waals surface area contributed by atoms with Crippen LogP contribution in [0, 0.1) is 10.1 Å². The van der Waals surface area contributed by atoms with Crippen molar-refractivity contribution in [3.63, 3.8) is 0 Å². The summed E-state index contributed by atoms with van der Waals surface area (Å²) in [5.41, 5.74) is 1.27. The number of rotatable bonds is 3. The predicted molar refractivity (Wildman–Crippen MR) is 90.3 cm³/mol. The fraction of sp³-hybridized carbons (Fsp3) is 0.188. The molecule has 24 heavy (non-hydrogen) atoms. The lowest BCUT2D eigenvalue weighted by Crippen LogP contribution is -2.22. The maximum atomic E-state index is 11.9. The van der Waals surface area contributed by atoms with Gasteiger partial charge in [-0.15, -0.1) is 0 Å². The van der Waals surface area contributed by atoms with Gasteiger partial charge in [0.15, 0.2) is 5.75 Å². The zero-order valence-corrected chi connectivity index (χ0v) is 13.9. The first-order chi connectivity index (χ1) is 11.5. The molecule has 2 aromatic carbocycles. The van der Waals surface area contributed by atoms with Gasteiger partial charge >= 0.3 is 0 Å². The van der Waals surface area contributed by atoms with Gasteiger partial charge in [0.1, 0.15) is 5.75 Å². The number of halogens is 2. The van der Waals surface area contributed by atoms with Gasteiger partial charge in [0, 0.05) is 24.2 Å². The highest BCUT2D eigenvalue weighted by Gasteiger charge is 2.19. The molecule has 0 saturated carbocycles. The lowest BCUT2D eigenvalue weighted by atomic mass is 10.0. The number of nitro benzene ring substituents is 1. The van der Waals surface area contributed by atoms with E-state index in [1.165, 1.54) is 12.1 Å². The number of carbonyl (C=O) groups is 1. The highest BCUT2D eigenvalue weighted by molar-refractivity contribution is 6.37. The standard InChI is InChI=1S/C16H12Cl2N2O4/c17-13-7-10(20(22)23)8-14(18)15(13)24-11-3-4-12-9(6-11)2-1-5-19-16(12)21/h3-4,6-8H,1-2,5H2,(H,19,21). The van der Waals surface area contributed by atoms with Gasteiger partial charge < -0.3 is 10.1 Å². The molecule has 2 aromatic rings. The van der Waals surface area contributed by atoms with Crippen LogP contribution in [-0.2, 0) is 6.42 Å². The monoisotopic (exact) mass is 366 g/mol. The number of hydrogen-bond acceptors (Lipinski definition) is 4. The molecule has 0 unspecified atom stereocenters. The molecule has 0 radical (unpaired) electrons. The smallest absolute Gasteiger partial charge is 0.272 e. The quantitative estimate of drug-likeness (QED) is 0.645. The number of nitro groups is 1. The minimum atomic E-state index is -0.581. The fourth-order valence-electron chi connectivity index (χ4n) is 2.51. The first-order valence-electron chi connectivity index (χ1n) is 7.18. The normalized spacial score (nSPS) is 13.7. The molecule has 1 amide bonds. The number of fused-ring (bicyclic) bond motifs is 1. The van der Waals surface area contributed by atoms with E-state index in [2.05, 4.69) is 5.32 Å². The number of ether oxygens (including phenoxy) is 1. The Kier molecular flexibility index (Phi) is 4.59. The molecule has 8 heteroatoms. The summed E-state index contributed by atoms with van der Waals surface area (Å²) in [6.07, 6.45) is 1.58. The molecule has 0 atom stereocenters. The van der Waals surface area contributed by atoms with Crippen LogP contribution in [0.2, 0.25) is 10.0 Å². The number of non-ortho nitro benzene ring substituents is 1. The average molecular weight is 367 g/mol. The molecule has 0 aliphatic carbocycles. The second-order valence-electron chi connectivity index (χ2n) is 5.28. The maximum absolute atomic E-state index is 11.9. The summed E-state index contributed by atoms with van der Waals surface area (Å²) in [6.45, 7) is 0.629. The van der Waals surface area contributed by atoms with Crippen molar-refractivity contribution in [2.24, 2.45) is 0 Å². The number of benzene rings is 2. The molecule has 0 spiro atoms. The van der Waals surface area contributed by atoms with Crippen molar-refractivity contribution in [3.05, 3.63) is 61.6 Å². The summed E-state index contributed by atoms with van der Waals surface area (Å²) in [4.78, 5) is 22.2. The van der Waals surface area contributed by atoms with Gasteiger partial charge in [0.2, 0.25) is 0 Å². The fourth-order valence-corrected chi connectivity index (χ4v) is 3.06. The van der Waals surface area contributed by atoms with Crippen LogP contribution in [0.3, 0.4) is 0 Å². The highest BCUT2D eigenvalue weighted by Crippen LogP contribution is 2.39. The number of nitrogens with zero attached hydrogens (tertiary/aromatic N) is 1. The van der Waals surface area contributed by atoms with Crippen LogP contribution < -0.4 is 10.1 Å². The number of aryl methyl sites for hydroxylation is 1. The molecule has 0 bridgehead atoms. The van der Waals surface area contributed by atoms with Crippen LogP contribution in [0.5, 0.6) is 11.5 Å². The van der Waals surface area contributed by atoms with Gasteiger partial charge in [-0.25, -0.2) is 0 Å². The van der Waals surface area contributed by atoms with Crippen molar-refractivity contribution in [2.75, 3.05) is 6.54 Å². The molecule has 3 rings (SSSR count). The lowest BCUT2D eigenvalue weighted by molar-refractivity contribution is -0.384. The van der Waals surface area contributed by atoms with Crippen LogP contribution in [0.4, 0.5) is 5.69 Å². The van der Waals surface area contributed by atoms with Crippen molar-refractivity contribution < 1.29 is 14.5 Å². The SMILES string of the molecule is O=C1NCCCc2cc(Oc3c(Cl)cc([N+](=O)[O-])cc3Cl)ccc21. The van der Waals surface area contributed by atoms with Crippen molar-refractivity contribution in [1.82, 2.24) is 5.32 Å². The van der Waals surface area contributed by atoms with E-state index in [-0.39, 0.29) is 27.4 Å². The Morgan fingerprint density at radius 1 is 1.17 bits per heavy atom. The van der Waals surface area contributed by atoms with Gasteiger partial charge in [-0.2, -0.15) is 0 Å². The molecule has 1 N–H and O–H groups in total. The van der Waals surface area contributed by atoms with Gasteiger partial charge in [-0.1, -0.05) is 23.2 Å². The van der Waals surface area contributed by atoms with E-state index in [0.29, 0.717) is 17.9 Å². The first-order valence-corrected chi connectivity index (χ1v) is 7.93. The summed E-state index contributed by atoms with van der Waals surface area (Å²) < 4.78 is 5.70. The Morgan fingerprint density at radius 3 is 2.54 bits per heavy atom. The van der Waals surface area contributed by atoms with E-state index < -0.39 is 4.92 Å². The van der Waals surface area contributed by atoms with E-state index in [0.717, 1.165) is 18.4 Å². The largest absolute Gasteiger partial charge is 0.454 e. The van der Waals surface area contributed by atoms with Crippen LogP contribution in [0.25, 0.3) is 0 Å². The van der Waals surface area contributed by atoms with E-state index >= 15 is 0 Å². The van der Waals surface area contributed by atoms with Crippen molar-refractivity contribution in [1.29, 1.82) is 0 Å². The molecular formula is C16H12Cl2N2O4.